The van der Waals surface area contributed by atoms with Gasteiger partial charge in [0.25, 0.3) is 5.69 Å². The predicted octanol–water partition coefficient (Wildman–Crippen LogP) is 4.29. The second kappa shape index (κ2) is 7.31. The number of hydrogen-bond acceptors (Lipinski definition) is 4. The van der Waals surface area contributed by atoms with Crippen molar-refractivity contribution in [1.29, 1.82) is 0 Å². The molecule has 32 heavy (non-hydrogen) atoms. The van der Waals surface area contributed by atoms with Gasteiger partial charge in [0, 0.05) is 18.7 Å². The third-order valence-corrected chi connectivity index (χ3v) is 4.96. The molecule has 0 spiro atoms. The Kier molecular flexibility index (Phi) is 5.30. The number of rotatable bonds is 4. The fourth-order valence-electron chi connectivity index (χ4n) is 3.30. The molecule has 1 aromatic carbocycles. The molecule has 0 saturated heterocycles. The molecule has 0 fully saturated rings. The number of nitro groups is 1. The molecule has 0 saturated carbocycles. The Hall–Kier alpha value is -3.45. The Morgan fingerprint density at radius 1 is 1.03 bits per heavy atom. The van der Waals surface area contributed by atoms with Crippen LogP contribution in [-0.2, 0) is 19.3 Å². The van der Waals surface area contributed by atoms with Crippen LogP contribution in [0.15, 0.2) is 35.3 Å². The number of benzene rings is 1. The van der Waals surface area contributed by atoms with Gasteiger partial charge >= 0.3 is 23.7 Å². The van der Waals surface area contributed by atoms with Gasteiger partial charge in [-0.25, -0.2) is 9.18 Å². The summed E-state index contributed by atoms with van der Waals surface area (Å²) >= 11 is 0. The molecule has 0 aliphatic heterocycles. The lowest BCUT2D eigenvalue weighted by atomic mass is 9.99. The van der Waals surface area contributed by atoms with E-state index in [2.05, 4.69) is 4.98 Å². The van der Waals surface area contributed by atoms with E-state index in [1.165, 1.54) is 25.1 Å². The Balaban J connectivity index is 2.15. The van der Waals surface area contributed by atoms with Gasteiger partial charge in [-0.05, 0) is 24.6 Å². The van der Waals surface area contributed by atoms with E-state index in [1.807, 2.05) is 0 Å². The number of imidazole rings is 1. The van der Waals surface area contributed by atoms with Gasteiger partial charge in [-0.15, -0.1) is 0 Å². The average molecular weight is 466 g/mol. The molecule has 2 aromatic heterocycles. The molecule has 0 N–H and O–H groups in total. The number of halogens is 7. The summed E-state index contributed by atoms with van der Waals surface area (Å²) in [5.41, 5.74) is -8.57. The van der Waals surface area contributed by atoms with Crippen molar-refractivity contribution in [3.63, 3.8) is 0 Å². The van der Waals surface area contributed by atoms with E-state index in [0.717, 1.165) is 16.2 Å². The van der Waals surface area contributed by atoms with Gasteiger partial charge in [0.15, 0.2) is 0 Å². The molecule has 172 valence electrons. The van der Waals surface area contributed by atoms with Crippen molar-refractivity contribution in [3.05, 3.63) is 67.9 Å². The molecule has 0 amide bonds. The van der Waals surface area contributed by atoms with Crippen LogP contribution in [0.4, 0.5) is 36.4 Å². The zero-order valence-electron chi connectivity index (χ0n) is 16.3. The number of pyridine rings is 1. The van der Waals surface area contributed by atoms with Crippen LogP contribution in [0.3, 0.4) is 0 Å². The van der Waals surface area contributed by atoms with Crippen LogP contribution < -0.4 is 5.69 Å². The summed E-state index contributed by atoms with van der Waals surface area (Å²) in [6.07, 6.45) is -12.1. The highest BCUT2D eigenvalue weighted by atomic mass is 19.4. The van der Waals surface area contributed by atoms with E-state index in [0.29, 0.717) is 11.8 Å². The number of hydrogen-bond donors (Lipinski definition) is 0. The van der Waals surface area contributed by atoms with Gasteiger partial charge in [0.1, 0.15) is 0 Å². The van der Waals surface area contributed by atoms with Crippen molar-refractivity contribution in [2.45, 2.75) is 31.5 Å². The van der Waals surface area contributed by atoms with Gasteiger partial charge in [-0.2, -0.15) is 26.3 Å². The lowest BCUT2D eigenvalue weighted by molar-refractivity contribution is -0.385. The maximum atomic E-state index is 14.3. The van der Waals surface area contributed by atoms with Crippen molar-refractivity contribution in [2.24, 2.45) is 7.05 Å². The molecular formula is C18H13F7N4O3. The number of nitro benzene ring substituents is 1. The van der Waals surface area contributed by atoms with Crippen molar-refractivity contribution >= 4 is 16.7 Å². The fourth-order valence-corrected chi connectivity index (χ4v) is 3.30. The highest BCUT2D eigenvalue weighted by Gasteiger charge is 2.74. The summed E-state index contributed by atoms with van der Waals surface area (Å²) in [5, 5.41) is 10.9. The van der Waals surface area contributed by atoms with Crippen LogP contribution in [0.25, 0.3) is 11.0 Å². The Labute approximate surface area is 173 Å². The van der Waals surface area contributed by atoms with Crippen LogP contribution in [0.2, 0.25) is 0 Å². The highest BCUT2D eigenvalue weighted by molar-refractivity contribution is 5.76. The monoisotopic (exact) mass is 466 g/mol. The van der Waals surface area contributed by atoms with E-state index >= 15 is 0 Å². The molecule has 0 aliphatic rings. The van der Waals surface area contributed by atoms with E-state index in [1.54, 1.807) is 0 Å². The molecule has 0 atom stereocenters. The highest BCUT2D eigenvalue weighted by Crippen LogP contribution is 2.52. The smallest absolute Gasteiger partial charge is 0.295 e. The van der Waals surface area contributed by atoms with E-state index in [-0.39, 0.29) is 29.4 Å². The number of nitrogens with zero attached hydrogens (tertiary/aromatic N) is 4. The lowest BCUT2D eigenvalue weighted by Gasteiger charge is -2.29. The first-order valence-corrected chi connectivity index (χ1v) is 8.71. The van der Waals surface area contributed by atoms with Gasteiger partial charge in [0.2, 0.25) is 0 Å². The van der Waals surface area contributed by atoms with Crippen molar-refractivity contribution in [2.75, 3.05) is 0 Å². The Morgan fingerprint density at radius 3 is 2.12 bits per heavy atom. The minimum absolute atomic E-state index is 0.149. The maximum absolute atomic E-state index is 14.3. The standard InChI is InChI=1S/C18H13F7N4O3/c1-9-5-10(3-4-11(9)29(31)32)8-28-13-7-26-14(6-12(13)27(2)15(28)30)16(19,17(20,21)22)18(23,24)25/h3-7H,8H2,1-2H3. The van der Waals surface area contributed by atoms with Gasteiger partial charge < -0.3 is 0 Å². The zero-order valence-corrected chi connectivity index (χ0v) is 16.3. The summed E-state index contributed by atoms with van der Waals surface area (Å²) in [4.78, 5) is 25.9. The Morgan fingerprint density at radius 2 is 1.62 bits per heavy atom. The summed E-state index contributed by atoms with van der Waals surface area (Å²) < 4.78 is 94.3. The van der Waals surface area contributed by atoms with E-state index < -0.39 is 39.8 Å². The summed E-state index contributed by atoms with van der Waals surface area (Å²) in [6, 6.07) is 4.18. The van der Waals surface area contributed by atoms with Gasteiger partial charge in [0.05, 0.1) is 34.4 Å². The van der Waals surface area contributed by atoms with E-state index in [9.17, 15) is 45.6 Å². The minimum Gasteiger partial charge on any atom is -0.295 e. The Bertz CT molecular complexity index is 1260. The zero-order chi connectivity index (χ0) is 24.2. The molecule has 7 nitrogen and oxygen atoms in total. The third kappa shape index (κ3) is 3.48. The SMILES string of the molecule is Cc1cc(Cn2c(=O)n(C)c3cc(C(F)(C(F)(F)F)C(F)(F)F)ncc32)ccc1[N+](=O)[O-]. The molecular weight excluding hydrogens is 453 g/mol. The van der Waals surface area contributed by atoms with E-state index in [4.69, 9.17) is 0 Å². The first-order valence-electron chi connectivity index (χ1n) is 8.71. The molecule has 0 radical (unpaired) electrons. The summed E-state index contributed by atoms with van der Waals surface area (Å²) in [7, 11) is 1.09. The molecule has 3 rings (SSSR count). The first-order chi connectivity index (χ1) is 14.6. The van der Waals surface area contributed by atoms with Crippen LogP contribution in [0.1, 0.15) is 16.8 Å². The van der Waals surface area contributed by atoms with Crippen LogP contribution >= 0.6 is 0 Å². The summed E-state index contributed by atoms with van der Waals surface area (Å²) in [5.74, 6) is 0. The third-order valence-electron chi connectivity index (χ3n) is 4.96. The molecule has 0 aliphatic carbocycles. The van der Waals surface area contributed by atoms with Crippen molar-refractivity contribution in [3.8, 4) is 0 Å². The normalized spacial score (nSPS) is 13.0. The molecule has 14 heteroatoms. The number of aryl methyl sites for hydroxylation is 2. The molecule has 0 unspecified atom stereocenters. The topological polar surface area (TPSA) is 83.0 Å². The van der Waals surface area contributed by atoms with Crippen molar-refractivity contribution < 1.29 is 35.7 Å². The largest absolute Gasteiger partial charge is 0.437 e. The molecule has 3 aromatic rings. The predicted molar refractivity (Wildman–Crippen MR) is 96.8 cm³/mol. The quantitative estimate of drug-likeness (QED) is 0.326. The fraction of sp³-hybridized carbons (Fsp3) is 0.333. The number of fused-ring (bicyclic) bond motifs is 1. The number of aromatic nitrogens is 3. The molecule has 2 heterocycles. The van der Waals surface area contributed by atoms with Crippen LogP contribution in [0.5, 0.6) is 0 Å². The minimum atomic E-state index is -6.34. The first kappa shape index (κ1) is 23.2. The van der Waals surface area contributed by atoms with Crippen LogP contribution in [0, 0.1) is 17.0 Å². The van der Waals surface area contributed by atoms with Gasteiger partial charge in [-0.1, -0.05) is 6.07 Å². The van der Waals surface area contributed by atoms with Crippen LogP contribution in [-0.4, -0.2) is 31.4 Å². The second-order valence-corrected chi connectivity index (χ2v) is 7.02. The molecule has 0 bridgehead atoms. The number of alkyl halides is 7. The lowest BCUT2D eigenvalue weighted by Crippen LogP contribution is -2.50. The maximum Gasteiger partial charge on any atom is 0.437 e. The second-order valence-electron chi connectivity index (χ2n) is 7.02. The van der Waals surface area contributed by atoms with Crippen molar-refractivity contribution in [1.82, 2.24) is 14.1 Å². The summed E-state index contributed by atoms with van der Waals surface area (Å²) in [6.45, 7) is 1.24. The average Bonchev–Trinajstić information content (AvgIpc) is 2.90. The van der Waals surface area contributed by atoms with Gasteiger partial charge in [-0.3, -0.25) is 24.2 Å².